The van der Waals surface area contributed by atoms with Gasteiger partial charge >= 0.3 is 29.6 Å². The van der Waals surface area contributed by atoms with Crippen molar-refractivity contribution in [3.05, 3.63) is 76.7 Å². The number of carboxylic acid groups (broad SMARTS) is 1. The Balaban J connectivity index is 0.00000533. The van der Waals surface area contributed by atoms with Crippen LogP contribution in [0.2, 0.25) is 0 Å². The van der Waals surface area contributed by atoms with Crippen LogP contribution >= 0.6 is 0 Å². The van der Waals surface area contributed by atoms with Gasteiger partial charge in [0, 0.05) is 38.0 Å². The molecule has 2 unspecified atom stereocenters. The molecule has 0 saturated carbocycles. The molecule has 3 N–H and O–H groups in total. The predicted molar refractivity (Wildman–Crippen MR) is 133 cm³/mol. The molecule has 10 nitrogen and oxygen atoms in total. The van der Waals surface area contributed by atoms with Crippen LogP contribution in [0.3, 0.4) is 0 Å². The van der Waals surface area contributed by atoms with E-state index in [1.807, 2.05) is 31.2 Å². The minimum absolute atomic E-state index is 0. The molecule has 0 radical (unpaired) electrons. The van der Waals surface area contributed by atoms with Crippen LogP contribution in [0.4, 0.5) is 4.39 Å². The monoisotopic (exact) mass is 551 g/mol. The molecule has 3 aromatic rings. The maximum atomic E-state index is 13.5. The number of amides is 1. The van der Waals surface area contributed by atoms with E-state index in [-0.39, 0.29) is 60.7 Å². The van der Waals surface area contributed by atoms with Gasteiger partial charge in [-0.1, -0.05) is 31.2 Å². The van der Waals surface area contributed by atoms with Gasteiger partial charge in [-0.05, 0) is 41.8 Å². The molecule has 0 fully saturated rings. The molecule has 204 valence electrons. The fourth-order valence-corrected chi connectivity index (χ4v) is 3.86. The van der Waals surface area contributed by atoms with E-state index in [9.17, 15) is 29.3 Å². The molecule has 1 aromatic heterocycles. The average molecular weight is 552 g/mol. The van der Waals surface area contributed by atoms with Crippen molar-refractivity contribution in [3.8, 4) is 11.6 Å². The number of carbonyl (C=O) groups excluding carboxylic acids is 2. The molecule has 0 aliphatic carbocycles. The summed E-state index contributed by atoms with van der Waals surface area (Å²) in [7, 11) is 1.61. The Morgan fingerprint density at radius 1 is 1.08 bits per heavy atom. The van der Waals surface area contributed by atoms with Crippen LogP contribution in [0.25, 0.3) is 5.69 Å². The summed E-state index contributed by atoms with van der Waals surface area (Å²) in [5.41, 5.74) is 2.88. The Kier molecular flexibility index (Phi) is 13.1. The Bertz CT molecular complexity index is 1220. The van der Waals surface area contributed by atoms with Crippen molar-refractivity contribution < 1.29 is 68.3 Å². The van der Waals surface area contributed by atoms with Crippen molar-refractivity contribution in [1.29, 1.82) is 0 Å². The van der Waals surface area contributed by atoms with Crippen LogP contribution in [0, 0.1) is 5.82 Å². The molecule has 12 heteroatoms. The molecule has 2 aromatic carbocycles. The van der Waals surface area contributed by atoms with E-state index >= 15 is 0 Å². The number of rotatable bonds is 14. The van der Waals surface area contributed by atoms with Crippen molar-refractivity contribution in [3.63, 3.8) is 0 Å². The van der Waals surface area contributed by atoms with Gasteiger partial charge in [0.15, 0.2) is 5.69 Å². The van der Waals surface area contributed by atoms with E-state index in [0.29, 0.717) is 24.3 Å². The first kappa shape index (κ1) is 32.4. The summed E-state index contributed by atoms with van der Waals surface area (Å²) in [5.74, 6) is -2.17. The van der Waals surface area contributed by atoms with Gasteiger partial charge in [-0.3, -0.25) is 4.79 Å². The first-order valence-corrected chi connectivity index (χ1v) is 12.1. The fraction of sp³-hybridized carbons (Fsp3) is 0.370. The first-order valence-electron chi connectivity index (χ1n) is 12.1. The number of benzene rings is 2. The van der Waals surface area contributed by atoms with Crippen molar-refractivity contribution in [1.82, 2.24) is 15.1 Å². The summed E-state index contributed by atoms with van der Waals surface area (Å²) in [6.07, 6.45) is -3.03. The Morgan fingerprint density at radius 3 is 2.31 bits per heavy atom. The minimum Gasteiger partial charge on any atom is -0.550 e. The maximum Gasteiger partial charge on any atom is 1.00 e. The number of carboxylic acids is 1. The zero-order valence-electron chi connectivity index (χ0n) is 22.2. The van der Waals surface area contributed by atoms with Crippen LogP contribution in [-0.4, -0.2) is 57.8 Å². The van der Waals surface area contributed by atoms with E-state index in [0.717, 1.165) is 11.1 Å². The SMILES string of the molecule is CCc1c(C(=O)NCc2ccc(COC)cc2)nn(-c2ccc(F)cc2)c1OCC(O)CC(O)CC(=O)[O-].[Na+]. The molecule has 2 atom stereocenters. The van der Waals surface area contributed by atoms with Gasteiger partial charge in [0.05, 0.1) is 24.5 Å². The predicted octanol–water partition coefficient (Wildman–Crippen LogP) is -1.72. The van der Waals surface area contributed by atoms with Crippen molar-refractivity contribution in [2.45, 2.75) is 51.5 Å². The van der Waals surface area contributed by atoms with Gasteiger partial charge in [0.2, 0.25) is 5.88 Å². The molecule has 0 bridgehead atoms. The fourth-order valence-electron chi connectivity index (χ4n) is 3.86. The number of aromatic nitrogens is 2. The summed E-state index contributed by atoms with van der Waals surface area (Å²) in [5, 5.41) is 38.0. The van der Waals surface area contributed by atoms with Gasteiger partial charge in [-0.2, -0.15) is 5.10 Å². The number of carbonyl (C=O) groups is 2. The van der Waals surface area contributed by atoms with Crippen molar-refractivity contribution in [2.75, 3.05) is 13.7 Å². The van der Waals surface area contributed by atoms with Crippen molar-refractivity contribution in [2.24, 2.45) is 0 Å². The Morgan fingerprint density at radius 2 is 1.72 bits per heavy atom. The van der Waals surface area contributed by atoms with E-state index < -0.39 is 36.3 Å². The van der Waals surface area contributed by atoms with E-state index in [1.165, 1.54) is 28.9 Å². The molecule has 0 aliphatic rings. The second-order valence-corrected chi connectivity index (χ2v) is 8.74. The number of ether oxygens (including phenoxy) is 2. The third-order valence-electron chi connectivity index (χ3n) is 5.72. The van der Waals surface area contributed by atoms with E-state index in [1.54, 1.807) is 7.11 Å². The van der Waals surface area contributed by atoms with Crippen LogP contribution in [-0.2, 0) is 29.1 Å². The molecule has 0 spiro atoms. The number of methoxy groups -OCH3 is 1. The van der Waals surface area contributed by atoms with Crippen molar-refractivity contribution >= 4 is 11.9 Å². The Hall–Kier alpha value is -2.80. The number of nitrogens with zero attached hydrogens (tertiary/aromatic N) is 2. The largest absolute Gasteiger partial charge is 1.00 e. The van der Waals surface area contributed by atoms with Gasteiger partial charge in [-0.25, -0.2) is 9.07 Å². The summed E-state index contributed by atoms with van der Waals surface area (Å²) < 4.78 is 25.8. The average Bonchev–Trinajstić information content (AvgIpc) is 3.25. The molecular formula is C27H31FN3NaO7. The second kappa shape index (κ2) is 15.7. The number of hydrogen-bond acceptors (Lipinski definition) is 8. The summed E-state index contributed by atoms with van der Waals surface area (Å²) >= 11 is 0. The molecule has 1 heterocycles. The maximum absolute atomic E-state index is 13.5. The summed E-state index contributed by atoms with van der Waals surface area (Å²) in [6.45, 7) is 2.24. The van der Waals surface area contributed by atoms with E-state index in [2.05, 4.69) is 10.4 Å². The molecule has 39 heavy (non-hydrogen) atoms. The number of aliphatic hydroxyl groups is 2. The number of aliphatic carboxylic acids is 1. The third-order valence-corrected chi connectivity index (χ3v) is 5.72. The summed E-state index contributed by atoms with van der Waals surface area (Å²) in [4.78, 5) is 23.8. The molecule has 0 saturated heterocycles. The van der Waals surface area contributed by atoms with Crippen LogP contribution in [0.1, 0.15) is 46.9 Å². The molecule has 0 aliphatic heterocycles. The topological polar surface area (TPSA) is 146 Å². The molecular weight excluding hydrogens is 520 g/mol. The van der Waals surface area contributed by atoms with E-state index in [4.69, 9.17) is 9.47 Å². The molecule has 3 rings (SSSR count). The summed E-state index contributed by atoms with van der Waals surface area (Å²) in [6, 6.07) is 13.0. The van der Waals surface area contributed by atoms with Gasteiger partial charge in [0.25, 0.3) is 5.91 Å². The van der Waals surface area contributed by atoms with Crippen LogP contribution < -0.4 is 44.7 Å². The Labute approximate surface area is 248 Å². The normalized spacial score (nSPS) is 12.3. The van der Waals surface area contributed by atoms with Gasteiger partial charge < -0.3 is 34.9 Å². The zero-order chi connectivity index (χ0) is 27.7. The number of hydrogen-bond donors (Lipinski definition) is 3. The third kappa shape index (κ3) is 9.41. The van der Waals surface area contributed by atoms with Gasteiger partial charge in [-0.15, -0.1) is 0 Å². The second-order valence-electron chi connectivity index (χ2n) is 8.74. The van der Waals surface area contributed by atoms with Crippen LogP contribution in [0.15, 0.2) is 48.5 Å². The number of aliphatic hydroxyl groups excluding tert-OH is 2. The minimum atomic E-state index is -1.44. The zero-order valence-corrected chi connectivity index (χ0v) is 24.2. The first-order chi connectivity index (χ1) is 18.2. The standard InChI is InChI=1S/C27H32FN3O7.Na/c1-3-23-25(26(36)29-14-17-4-6-18(7-5-17)15-37-2)30-31(20-10-8-19(28)9-11-20)27(23)38-16-22(33)12-21(32)13-24(34)35;/h4-11,21-22,32-33H,3,12-16H2,1-2H3,(H,29,36)(H,34,35);/q;+1/p-1. The quantitative estimate of drug-likeness (QED) is 0.201. The van der Waals surface area contributed by atoms with Gasteiger partial charge in [0.1, 0.15) is 12.4 Å². The molecule has 1 amide bonds. The smallest absolute Gasteiger partial charge is 0.550 e. The van der Waals surface area contributed by atoms with Crippen LogP contribution in [0.5, 0.6) is 5.88 Å². The number of halogens is 1. The number of nitrogens with one attached hydrogen (secondary N) is 1.